The van der Waals surface area contributed by atoms with Crippen molar-refractivity contribution in [2.75, 3.05) is 31.4 Å². The average Bonchev–Trinajstić information content (AvgIpc) is 2.76. The van der Waals surface area contributed by atoms with Crippen LogP contribution in [0.1, 0.15) is 16.8 Å². The molecular weight excluding hydrogens is 442 g/mol. The fraction of sp³-hybridized carbons (Fsp3) is 0.250. The molecule has 0 aromatic heterocycles. The Kier molecular flexibility index (Phi) is 7.86. The van der Waals surface area contributed by atoms with E-state index in [4.69, 9.17) is 14.7 Å². The fourth-order valence-corrected chi connectivity index (χ4v) is 3.61. The van der Waals surface area contributed by atoms with Crippen molar-refractivity contribution in [2.24, 2.45) is 0 Å². The lowest BCUT2D eigenvalue weighted by atomic mass is 10.2. The van der Waals surface area contributed by atoms with Crippen LogP contribution < -0.4 is 9.64 Å². The summed E-state index contributed by atoms with van der Waals surface area (Å²) in [6, 6.07) is 11.3. The summed E-state index contributed by atoms with van der Waals surface area (Å²) in [5.41, 5.74) is -0.699. The van der Waals surface area contributed by atoms with Gasteiger partial charge in [0.25, 0.3) is 11.6 Å². The van der Waals surface area contributed by atoms with Crippen molar-refractivity contribution in [2.45, 2.75) is 11.3 Å². The first-order valence-corrected chi connectivity index (χ1v) is 10.9. The molecule has 2 aromatic rings. The molecule has 2 aromatic carbocycles. The lowest BCUT2D eigenvalue weighted by molar-refractivity contribution is -0.387. The maximum absolute atomic E-state index is 12.7. The van der Waals surface area contributed by atoms with Gasteiger partial charge in [0, 0.05) is 18.9 Å². The second-order valence-electron chi connectivity index (χ2n) is 6.41. The van der Waals surface area contributed by atoms with Gasteiger partial charge in [0.05, 0.1) is 35.8 Å². The van der Waals surface area contributed by atoms with Crippen LogP contribution in [0.4, 0.5) is 11.4 Å². The molecular formula is C20H19N3O8S. The minimum Gasteiger partial charge on any atom is -0.495 e. The summed E-state index contributed by atoms with van der Waals surface area (Å²) < 4.78 is 33.6. The zero-order valence-electron chi connectivity index (χ0n) is 17.2. The van der Waals surface area contributed by atoms with Crippen LogP contribution in [0.5, 0.6) is 5.75 Å². The third kappa shape index (κ3) is 5.79. The van der Waals surface area contributed by atoms with Crippen molar-refractivity contribution >= 4 is 33.1 Å². The number of hydrogen-bond donors (Lipinski definition) is 0. The number of anilines is 1. The number of nitrogens with zero attached hydrogens (tertiary/aromatic N) is 3. The lowest BCUT2D eigenvalue weighted by Crippen LogP contribution is -2.35. The van der Waals surface area contributed by atoms with E-state index in [2.05, 4.69) is 0 Å². The van der Waals surface area contributed by atoms with E-state index in [9.17, 15) is 28.1 Å². The highest BCUT2D eigenvalue weighted by molar-refractivity contribution is 7.90. The van der Waals surface area contributed by atoms with E-state index in [-0.39, 0.29) is 18.5 Å². The van der Waals surface area contributed by atoms with Gasteiger partial charge in [-0.2, -0.15) is 5.26 Å². The normalized spacial score (nSPS) is 10.7. The Morgan fingerprint density at radius 3 is 2.50 bits per heavy atom. The number of ether oxygens (including phenoxy) is 2. The third-order valence-electron chi connectivity index (χ3n) is 4.24. The van der Waals surface area contributed by atoms with Crippen molar-refractivity contribution in [3.63, 3.8) is 0 Å². The maximum atomic E-state index is 12.7. The molecule has 1 amide bonds. The molecule has 0 atom stereocenters. The van der Waals surface area contributed by atoms with Crippen molar-refractivity contribution in [1.82, 2.24) is 0 Å². The quantitative estimate of drug-likeness (QED) is 0.310. The minimum absolute atomic E-state index is 0.0108. The summed E-state index contributed by atoms with van der Waals surface area (Å²) in [5, 5.41) is 20.1. The minimum atomic E-state index is -3.90. The van der Waals surface area contributed by atoms with E-state index >= 15 is 0 Å². The average molecular weight is 461 g/mol. The summed E-state index contributed by atoms with van der Waals surface area (Å²) in [4.78, 5) is 36.0. The van der Waals surface area contributed by atoms with Crippen LogP contribution in [-0.2, 0) is 19.4 Å². The summed E-state index contributed by atoms with van der Waals surface area (Å²) in [7, 11) is -2.48. The number of hydrogen-bond acceptors (Lipinski definition) is 9. The third-order valence-corrected chi connectivity index (χ3v) is 5.39. The van der Waals surface area contributed by atoms with E-state index in [1.165, 1.54) is 12.0 Å². The lowest BCUT2D eigenvalue weighted by Gasteiger charge is -2.23. The van der Waals surface area contributed by atoms with Crippen LogP contribution in [0.25, 0.3) is 0 Å². The number of rotatable bonds is 9. The molecule has 0 spiro atoms. The molecule has 0 radical (unpaired) electrons. The number of carbonyl (C=O) groups is 2. The van der Waals surface area contributed by atoms with E-state index in [0.717, 1.165) is 24.5 Å². The van der Waals surface area contributed by atoms with Crippen molar-refractivity contribution < 1.29 is 32.4 Å². The van der Waals surface area contributed by atoms with Gasteiger partial charge >= 0.3 is 5.97 Å². The molecule has 2 rings (SSSR count). The smallest absolute Gasteiger partial charge is 0.338 e. The van der Waals surface area contributed by atoms with Crippen LogP contribution in [-0.4, -0.2) is 51.7 Å². The summed E-state index contributed by atoms with van der Waals surface area (Å²) in [6.07, 6.45) is 0.816. The second-order valence-corrected chi connectivity index (χ2v) is 8.40. The van der Waals surface area contributed by atoms with Gasteiger partial charge in [0.1, 0.15) is 10.6 Å². The van der Waals surface area contributed by atoms with Crippen LogP contribution in [0.3, 0.4) is 0 Å². The van der Waals surface area contributed by atoms with Gasteiger partial charge in [-0.25, -0.2) is 13.2 Å². The Morgan fingerprint density at radius 1 is 1.22 bits per heavy atom. The van der Waals surface area contributed by atoms with Gasteiger partial charge < -0.3 is 14.4 Å². The first-order chi connectivity index (χ1) is 15.1. The number of carbonyl (C=O) groups excluding carboxylic acids is 2. The Labute approximate surface area is 183 Å². The number of benzene rings is 2. The number of nitro benzene ring substituents is 1. The molecule has 0 aliphatic carbocycles. The van der Waals surface area contributed by atoms with Crippen molar-refractivity contribution in [3.05, 3.63) is 58.1 Å². The number of amides is 1. The molecule has 0 aliphatic heterocycles. The largest absolute Gasteiger partial charge is 0.495 e. The van der Waals surface area contributed by atoms with Gasteiger partial charge in [-0.05, 0) is 24.3 Å². The van der Waals surface area contributed by atoms with E-state index < -0.39 is 43.8 Å². The number of nitro groups is 1. The van der Waals surface area contributed by atoms with Crippen molar-refractivity contribution in [3.8, 4) is 11.8 Å². The molecule has 32 heavy (non-hydrogen) atoms. The van der Waals surface area contributed by atoms with Gasteiger partial charge in [-0.3, -0.25) is 14.9 Å². The number of para-hydroxylation sites is 2. The molecule has 168 valence electrons. The van der Waals surface area contributed by atoms with Gasteiger partial charge in [0.2, 0.25) is 0 Å². The number of sulfone groups is 1. The van der Waals surface area contributed by atoms with Gasteiger partial charge in [0.15, 0.2) is 16.4 Å². The van der Waals surface area contributed by atoms with Crippen LogP contribution >= 0.6 is 0 Å². The number of nitriles is 1. The van der Waals surface area contributed by atoms with Gasteiger partial charge in [-0.15, -0.1) is 0 Å². The van der Waals surface area contributed by atoms with E-state index in [1.54, 1.807) is 24.3 Å². The zero-order chi connectivity index (χ0) is 23.9. The highest BCUT2D eigenvalue weighted by atomic mass is 32.2. The fourth-order valence-electron chi connectivity index (χ4n) is 2.78. The standard InChI is InChI=1S/C20H19N3O8S/c1-30-17-7-4-3-6-15(17)22(11-5-10-21)19(24)13-31-20(25)14-8-9-18(32(2,28)29)16(12-14)23(26)27/h3-4,6-9,12H,5,11,13H2,1-2H3. The molecule has 12 heteroatoms. The molecule has 0 aliphatic rings. The molecule has 0 unspecified atom stereocenters. The molecule has 0 fully saturated rings. The Morgan fingerprint density at radius 2 is 1.91 bits per heavy atom. The topological polar surface area (TPSA) is 157 Å². The van der Waals surface area contributed by atoms with Gasteiger partial charge in [-0.1, -0.05) is 12.1 Å². The second kappa shape index (κ2) is 10.4. The van der Waals surface area contributed by atoms with E-state index in [1.807, 2.05) is 6.07 Å². The Hall–Kier alpha value is -3.98. The predicted molar refractivity (Wildman–Crippen MR) is 112 cm³/mol. The van der Waals surface area contributed by atoms with Crippen molar-refractivity contribution in [1.29, 1.82) is 5.26 Å². The highest BCUT2D eigenvalue weighted by Gasteiger charge is 2.25. The van der Waals surface area contributed by atoms with Crippen LogP contribution in [0.15, 0.2) is 47.4 Å². The summed E-state index contributed by atoms with van der Waals surface area (Å²) >= 11 is 0. The monoisotopic (exact) mass is 461 g/mol. The Balaban J connectivity index is 2.23. The molecule has 0 saturated carbocycles. The molecule has 0 bridgehead atoms. The predicted octanol–water partition coefficient (Wildman–Crippen LogP) is 2.11. The first-order valence-electron chi connectivity index (χ1n) is 9.06. The molecule has 0 saturated heterocycles. The highest BCUT2D eigenvalue weighted by Crippen LogP contribution is 2.28. The zero-order valence-corrected chi connectivity index (χ0v) is 18.0. The number of esters is 1. The maximum Gasteiger partial charge on any atom is 0.338 e. The summed E-state index contributed by atoms with van der Waals surface area (Å²) in [6.45, 7) is -0.703. The summed E-state index contributed by atoms with van der Waals surface area (Å²) in [5.74, 6) is -1.33. The molecule has 11 nitrogen and oxygen atoms in total. The first kappa shape index (κ1) is 24.3. The SMILES string of the molecule is COc1ccccc1N(CCC#N)C(=O)COC(=O)c1ccc(S(C)(=O)=O)c([N+](=O)[O-])c1. The number of methoxy groups -OCH3 is 1. The molecule has 0 heterocycles. The van der Waals surface area contributed by atoms with Crippen LogP contribution in [0.2, 0.25) is 0 Å². The van der Waals surface area contributed by atoms with E-state index in [0.29, 0.717) is 11.4 Å². The Bertz CT molecular complexity index is 1190. The molecule has 0 N–H and O–H groups in total. The van der Waals surface area contributed by atoms with Crippen LogP contribution in [0, 0.1) is 21.4 Å².